The largest absolute Gasteiger partial charge is 0.462 e. The van der Waals surface area contributed by atoms with Crippen LogP contribution in [0.5, 0.6) is 0 Å². The molecule has 0 atom stereocenters. The van der Waals surface area contributed by atoms with Gasteiger partial charge in [-0.25, -0.2) is 4.79 Å². The molecule has 230 valence electrons. The molecule has 3 nitrogen and oxygen atoms in total. The molecule has 2 saturated carbocycles. The number of rotatable bonds is 13. The minimum Gasteiger partial charge on any atom is -0.462 e. The van der Waals surface area contributed by atoms with E-state index in [4.69, 9.17) is 9.16 Å². The molecule has 0 N–H and O–H groups in total. The number of hydrogen-bond donors (Lipinski definition) is 0. The third kappa shape index (κ3) is 8.26. The van der Waals surface area contributed by atoms with E-state index in [1.807, 2.05) is 12.1 Å². The second-order valence-electron chi connectivity index (χ2n) is 14.2. The molecule has 0 amide bonds. The smallest absolute Gasteiger partial charge is 0.335 e. The third-order valence-electron chi connectivity index (χ3n) is 10.3. The van der Waals surface area contributed by atoms with Gasteiger partial charge in [-0.1, -0.05) is 133 Å². The molecule has 0 bridgehead atoms. The van der Waals surface area contributed by atoms with E-state index in [0.717, 1.165) is 17.8 Å². The Labute approximate surface area is 257 Å². The Hall–Kier alpha value is -2.17. The zero-order valence-electron chi connectivity index (χ0n) is 26.9. The fraction of sp³-hybridized carbons (Fsp3) is 0.605. The lowest BCUT2D eigenvalue weighted by atomic mass is 9.69. The average molecular weight is 589 g/mol. The number of carbonyl (C=O) groups is 1. The van der Waals surface area contributed by atoms with Gasteiger partial charge in [-0.3, -0.25) is 0 Å². The van der Waals surface area contributed by atoms with Crippen molar-refractivity contribution in [2.75, 3.05) is 13.2 Å². The number of hydrogen-bond acceptors (Lipinski definition) is 3. The maximum atomic E-state index is 13.1. The van der Waals surface area contributed by atoms with Gasteiger partial charge in [-0.05, 0) is 77.6 Å². The topological polar surface area (TPSA) is 35.5 Å². The standard InChI is InChI=1S/C38H56O3Si/c1-6-7-10-15-31-20-24-33(25-21-31)34-26-22-32(23-27-34)29-40-37(39)30(2)28-41-42(38(3,4)5,35-16-11-8-12-17-35)36-18-13-9-14-19-36/h8-9,11-14,16-19,31-34H,2,6-7,10,15,20-29H2,1,3-5H3. The Kier molecular flexibility index (Phi) is 12.1. The molecule has 0 radical (unpaired) electrons. The van der Waals surface area contributed by atoms with Crippen LogP contribution in [0.3, 0.4) is 0 Å². The van der Waals surface area contributed by atoms with E-state index in [1.54, 1.807) is 0 Å². The molecule has 4 heteroatoms. The highest BCUT2D eigenvalue weighted by molar-refractivity contribution is 6.99. The molecule has 4 rings (SSSR count). The van der Waals surface area contributed by atoms with Gasteiger partial charge in [0, 0.05) is 0 Å². The van der Waals surface area contributed by atoms with Gasteiger partial charge < -0.3 is 9.16 Å². The van der Waals surface area contributed by atoms with Crippen molar-refractivity contribution >= 4 is 24.7 Å². The van der Waals surface area contributed by atoms with Gasteiger partial charge in [-0.15, -0.1) is 0 Å². The highest BCUT2D eigenvalue weighted by atomic mass is 28.4. The Morgan fingerprint density at radius 3 is 1.76 bits per heavy atom. The molecule has 2 aliphatic carbocycles. The van der Waals surface area contributed by atoms with Crippen molar-refractivity contribution in [2.24, 2.45) is 23.7 Å². The van der Waals surface area contributed by atoms with Gasteiger partial charge in [0.15, 0.2) is 0 Å². The van der Waals surface area contributed by atoms with Crippen molar-refractivity contribution in [1.82, 2.24) is 0 Å². The molecule has 2 aliphatic rings. The van der Waals surface area contributed by atoms with Crippen LogP contribution in [-0.4, -0.2) is 27.5 Å². The molecule has 0 aromatic heterocycles. The second kappa shape index (κ2) is 15.5. The maximum Gasteiger partial charge on any atom is 0.335 e. The Morgan fingerprint density at radius 1 is 0.786 bits per heavy atom. The summed E-state index contributed by atoms with van der Waals surface area (Å²) in [6.45, 7) is 13.8. The molecule has 0 heterocycles. The van der Waals surface area contributed by atoms with Crippen LogP contribution in [0.4, 0.5) is 0 Å². The lowest BCUT2D eigenvalue weighted by molar-refractivity contribution is -0.141. The summed E-state index contributed by atoms with van der Waals surface area (Å²) in [5, 5.41) is 2.26. The summed E-state index contributed by atoms with van der Waals surface area (Å²) in [6.07, 6.45) is 16.3. The van der Waals surface area contributed by atoms with E-state index in [-0.39, 0.29) is 17.6 Å². The summed E-state index contributed by atoms with van der Waals surface area (Å²) >= 11 is 0. The number of esters is 1. The van der Waals surface area contributed by atoms with E-state index in [2.05, 4.69) is 82.8 Å². The van der Waals surface area contributed by atoms with Crippen LogP contribution in [-0.2, 0) is 14.0 Å². The highest BCUT2D eigenvalue weighted by Gasteiger charge is 2.50. The van der Waals surface area contributed by atoms with E-state index in [1.165, 1.54) is 87.4 Å². The lowest BCUT2D eigenvalue weighted by Crippen LogP contribution is -2.66. The maximum absolute atomic E-state index is 13.1. The van der Waals surface area contributed by atoms with E-state index in [9.17, 15) is 4.79 Å². The van der Waals surface area contributed by atoms with Crippen molar-refractivity contribution in [3.05, 3.63) is 72.8 Å². The summed E-state index contributed by atoms with van der Waals surface area (Å²) in [5.74, 6) is 2.95. The van der Waals surface area contributed by atoms with Gasteiger partial charge in [0.05, 0.1) is 18.8 Å². The minimum absolute atomic E-state index is 0.146. The van der Waals surface area contributed by atoms with Gasteiger partial charge >= 0.3 is 5.97 Å². The van der Waals surface area contributed by atoms with Crippen LogP contribution < -0.4 is 10.4 Å². The number of ether oxygens (including phenoxy) is 1. The minimum atomic E-state index is -2.72. The molecule has 0 aliphatic heterocycles. The normalized spacial score (nSPS) is 23.3. The first kappa shape index (κ1) is 32.7. The van der Waals surface area contributed by atoms with E-state index in [0.29, 0.717) is 18.1 Å². The zero-order valence-corrected chi connectivity index (χ0v) is 27.9. The first-order valence-corrected chi connectivity index (χ1v) is 18.7. The summed E-state index contributed by atoms with van der Waals surface area (Å²) in [6, 6.07) is 21.1. The van der Waals surface area contributed by atoms with Crippen LogP contribution in [0.15, 0.2) is 72.8 Å². The first-order chi connectivity index (χ1) is 20.2. The summed E-state index contributed by atoms with van der Waals surface area (Å²) < 4.78 is 12.7. The van der Waals surface area contributed by atoms with Crippen LogP contribution in [0.2, 0.25) is 5.04 Å². The predicted molar refractivity (Wildman–Crippen MR) is 179 cm³/mol. The molecule has 2 fully saturated rings. The van der Waals surface area contributed by atoms with Crippen LogP contribution in [0.25, 0.3) is 0 Å². The summed E-state index contributed by atoms with van der Waals surface area (Å²) in [5.41, 5.74) is 0.410. The third-order valence-corrected chi connectivity index (χ3v) is 15.3. The SMILES string of the molecule is C=C(CO[Si](c1ccccc1)(c1ccccc1)C(C)(C)C)C(=O)OCC1CCC(C2CCC(CCCCC)CC2)CC1. The Balaban J connectivity index is 1.26. The van der Waals surface area contributed by atoms with Crippen molar-refractivity contribution in [2.45, 2.75) is 110 Å². The molecule has 2 aromatic carbocycles. The Bertz CT molecular complexity index is 1050. The molecule has 0 unspecified atom stereocenters. The van der Waals surface area contributed by atoms with Crippen LogP contribution in [0.1, 0.15) is 105 Å². The van der Waals surface area contributed by atoms with E-state index < -0.39 is 8.32 Å². The molecule has 42 heavy (non-hydrogen) atoms. The van der Waals surface area contributed by atoms with Crippen molar-refractivity contribution in [1.29, 1.82) is 0 Å². The van der Waals surface area contributed by atoms with Gasteiger partial charge in [0.2, 0.25) is 0 Å². The molecule has 0 saturated heterocycles. The molecule has 2 aromatic rings. The van der Waals surface area contributed by atoms with Crippen molar-refractivity contribution in [3.63, 3.8) is 0 Å². The van der Waals surface area contributed by atoms with Crippen molar-refractivity contribution in [3.8, 4) is 0 Å². The summed E-state index contributed by atoms with van der Waals surface area (Å²) in [7, 11) is -2.72. The number of unbranched alkanes of at least 4 members (excludes halogenated alkanes) is 2. The van der Waals surface area contributed by atoms with Crippen LogP contribution >= 0.6 is 0 Å². The molecular weight excluding hydrogens is 533 g/mol. The lowest BCUT2D eigenvalue weighted by Gasteiger charge is -2.43. The van der Waals surface area contributed by atoms with Gasteiger partial charge in [-0.2, -0.15) is 0 Å². The predicted octanol–water partition coefficient (Wildman–Crippen LogP) is 8.86. The van der Waals surface area contributed by atoms with E-state index >= 15 is 0 Å². The Morgan fingerprint density at radius 2 is 1.29 bits per heavy atom. The highest BCUT2D eigenvalue weighted by Crippen LogP contribution is 2.42. The fourth-order valence-corrected chi connectivity index (χ4v) is 12.3. The van der Waals surface area contributed by atoms with Gasteiger partial charge in [0.25, 0.3) is 8.32 Å². The number of carbonyl (C=O) groups excluding carboxylic acids is 1. The monoisotopic (exact) mass is 588 g/mol. The van der Waals surface area contributed by atoms with Crippen LogP contribution in [0, 0.1) is 23.7 Å². The first-order valence-electron chi connectivity index (χ1n) is 16.8. The quantitative estimate of drug-likeness (QED) is 0.101. The molecule has 0 spiro atoms. The molecular formula is C38H56O3Si. The zero-order chi connectivity index (χ0) is 30.0. The summed E-state index contributed by atoms with van der Waals surface area (Å²) in [4.78, 5) is 13.1. The number of benzene rings is 2. The fourth-order valence-electron chi connectivity index (χ4n) is 7.77. The van der Waals surface area contributed by atoms with Gasteiger partial charge in [0.1, 0.15) is 0 Å². The average Bonchev–Trinajstić information content (AvgIpc) is 3.01. The second-order valence-corrected chi connectivity index (χ2v) is 18.5. The van der Waals surface area contributed by atoms with Crippen molar-refractivity contribution < 1.29 is 14.0 Å².